The number of benzene rings is 10. The number of aryl methyl sites for hydroxylation is 1. The highest BCUT2D eigenvalue weighted by Gasteiger charge is 2.53. The van der Waals surface area contributed by atoms with Crippen molar-refractivity contribution in [1.29, 1.82) is 0 Å². The third kappa shape index (κ3) is 8.22. The molecule has 0 atom stereocenters. The Balaban J connectivity index is 0.876. The van der Waals surface area contributed by atoms with Gasteiger partial charge < -0.3 is 14.5 Å². The van der Waals surface area contributed by atoms with Crippen LogP contribution < -0.4 is 14.5 Å². The maximum atomic E-state index is 7.16. The predicted octanol–water partition coefficient (Wildman–Crippen LogP) is 21.1. The highest BCUT2D eigenvalue weighted by atomic mass is 16.5. The van der Waals surface area contributed by atoms with Crippen molar-refractivity contribution < 1.29 is 4.74 Å². The van der Waals surface area contributed by atoms with Gasteiger partial charge in [-0.15, -0.1) is 0 Å². The molecule has 10 aromatic carbocycles. The maximum Gasteiger partial charge on any atom is 0.137 e. The zero-order valence-electron chi connectivity index (χ0n) is 50.3. The van der Waals surface area contributed by atoms with Crippen LogP contribution in [0.15, 0.2) is 231 Å². The lowest BCUT2D eigenvalue weighted by molar-refractivity contribution is 0.483. The second-order valence-corrected chi connectivity index (χ2v) is 26.9. The monoisotopic (exact) mass is 1100 g/mol. The number of rotatable bonds is 7. The van der Waals surface area contributed by atoms with Gasteiger partial charge in [-0.3, -0.25) is 4.57 Å². The van der Waals surface area contributed by atoms with E-state index in [-0.39, 0.29) is 16.2 Å². The van der Waals surface area contributed by atoms with Crippen molar-refractivity contribution in [3.05, 3.63) is 275 Å². The molecule has 0 amide bonds. The van der Waals surface area contributed by atoms with Gasteiger partial charge in [0.25, 0.3) is 0 Å². The van der Waals surface area contributed by atoms with Crippen molar-refractivity contribution in [2.24, 2.45) is 0 Å². The largest absolute Gasteiger partial charge is 0.457 e. The summed E-state index contributed by atoms with van der Waals surface area (Å²) in [6.45, 7) is 23.6. The third-order valence-electron chi connectivity index (χ3n) is 18.4. The Morgan fingerprint density at radius 2 is 1.01 bits per heavy atom. The Morgan fingerprint density at radius 1 is 0.424 bits per heavy atom. The molecule has 0 bridgehead atoms. The molecule has 5 heteroatoms. The van der Waals surface area contributed by atoms with Crippen LogP contribution in [0.4, 0.5) is 22.7 Å². The van der Waals surface area contributed by atoms with Crippen molar-refractivity contribution in [3.8, 4) is 61.8 Å². The van der Waals surface area contributed by atoms with Gasteiger partial charge in [0.2, 0.25) is 0 Å². The fraction of sp³-hybridized carbons (Fsp3) is 0.188. The first-order valence-electron chi connectivity index (χ1n) is 30.1. The number of anilines is 4. The van der Waals surface area contributed by atoms with Crippen LogP contribution in [-0.4, -0.2) is 16.2 Å². The average molecular weight is 1100 g/mol. The van der Waals surface area contributed by atoms with Gasteiger partial charge in [0.05, 0.1) is 33.5 Å². The summed E-state index contributed by atoms with van der Waals surface area (Å²) in [5.74, 6) is 2.39. The molecule has 1 spiro atoms. The predicted molar refractivity (Wildman–Crippen MR) is 355 cm³/mol. The molecule has 3 aliphatic rings. The smallest absolute Gasteiger partial charge is 0.137 e. The van der Waals surface area contributed by atoms with Crippen molar-refractivity contribution in [2.45, 2.75) is 90.9 Å². The van der Waals surface area contributed by atoms with E-state index in [2.05, 4.69) is 308 Å². The number of aromatic nitrogens is 2. The number of nitrogens with zero attached hydrogens (tertiary/aromatic N) is 4. The Labute approximate surface area is 500 Å². The van der Waals surface area contributed by atoms with E-state index in [0.717, 1.165) is 45.1 Å². The molecule has 5 nitrogen and oxygen atoms in total. The number of fused-ring (bicyclic) bond motifs is 15. The van der Waals surface area contributed by atoms with Gasteiger partial charge in [0.15, 0.2) is 0 Å². The van der Waals surface area contributed by atoms with Gasteiger partial charge in [-0.2, -0.15) is 0 Å². The molecule has 2 aliphatic carbocycles. The number of hydrogen-bond acceptors (Lipinski definition) is 4. The molecule has 0 N–H and O–H groups in total. The van der Waals surface area contributed by atoms with Gasteiger partial charge >= 0.3 is 0 Å². The second kappa shape index (κ2) is 19.0. The quantitative estimate of drug-likeness (QED) is 0.159. The molecule has 0 radical (unpaired) electrons. The van der Waals surface area contributed by atoms with E-state index in [0.29, 0.717) is 6.67 Å². The number of hydrogen-bond donors (Lipinski definition) is 0. The highest BCUT2D eigenvalue weighted by Crippen LogP contribution is 2.65. The van der Waals surface area contributed by atoms with Gasteiger partial charge in [-0.25, -0.2) is 4.98 Å². The summed E-state index contributed by atoms with van der Waals surface area (Å²) >= 11 is 0. The molecule has 1 aliphatic heterocycles. The van der Waals surface area contributed by atoms with Gasteiger partial charge in [0.1, 0.15) is 24.0 Å². The zero-order valence-corrected chi connectivity index (χ0v) is 50.3. The lowest BCUT2D eigenvalue weighted by Gasteiger charge is -2.31. The first-order chi connectivity index (χ1) is 40.9. The van der Waals surface area contributed by atoms with Crippen molar-refractivity contribution in [2.75, 3.05) is 16.5 Å². The Bertz CT molecular complexity index is 4600. The van der Waals surface area contributed by atoms with Crippen LogP contribution in [0.25, 0.3) is 72.1 Å². The van der Waals surface area contributed by atoms with Crippen LogP contribution in [0.2, 0.25) is 0 Å². The highest BCUT2D eigenvalue weighted by molar-refractivity contribution is 6.16. The van der Waals surface area contributed by atoms with Crippen LogP contribution >= 0.6 is 0 Å². The summed E-state index contributed by atoms with van der Waals surface area (Å²) in [5.41, 5.74) is 26.3. The topological polar surface area (TPSA) is 33.5 Å². The van der Waals surface area contributed by atoms with Gasteiger partial charge in [-0.05, 0) is 156 Å². The molecular weight excluding hydrogens is 1030 g/mol. The third-order valence-corrected chi connectivity index (χ3v) is 18.4. The van der Waals surface area contributed by atoms with E-state index in [4.69, 9.17) is 9.72 Å². The Morgan fingerprint density at radius 3 is 1.67 bits per heavy atom. The summed E-state index contributed by atoms with van der Waals surface area (Å²) in [6.07, 6.45) is 1.97. The molecule has 3 heterocycles. The molecule has 2 aromatic heterocycles. The van der Waals surface area contributed by atoms with Crippen LogP contribution in [0.5, 0.6) is 11.5 Å². The maximum absolute atomic E-state index is 7.16. The Hall–Kier alpha value is -9.45. The minimum Gasteiger partial charge on any atom is -0.457 e. The first-order valence-corrected chi connectivity index (χ1v) is 30.1. The minimum atomic E-state index is -0.533. The molecule has 0 saturated heterocycles. The van der Waals surface area contributed by atoms with Gasteiger partial charge in [-0.1, -0.05) is 220 Å². The standard InChI is InChI=1S/C80H70N4O/c1-50-34-38-69-72(42-50)83(76-59(51-22-12-11-13-23-51)29-21-30-60(76)52-43-54(78(5,6)7)45-55(44-52)79(8,9)10)49-82(69)56-24-20-25-57(47-56)85-58-35-36-65-71(48-58)84(73-46-53(40-41-81-73)77(2,3)4)70-39-37-64-63-28-16-19-33-68(63)80(75(64)74(65)70)66-31-17-14-26-61(66)62-27-15-18-32-67(62)80/h11-48H,49H2,1-10H3. The number of para-hydroxylation sites is 1. The SMILES string of the molecule is Cc1ccc2c(c1)N(c1c(-c3ccccc3)cccc1-c1cc(C(C)(C)C)cc(C(C)(C)C)c1)CN2c1cccc(Oc2ccc3c4c5c(ccc4n(-c4cc(C(C)(C)C)ccn4)c3c2)-c2ccccc2C52c3ccccc3-c3ccccc32)c1. The first kappa shape index (κ1) is 52.4. The van der Waals surface area contributed by atoms with Crippen molar-refractivity contribution >= 4 is 44.6 Å². The van der Waals surface area contributed by atoms with Crippen LogP contribution in [-0.2, 0) is 21.7 Å². The van der Waals surface area contributed by atoms with Crippen molar-refractivity contribution in [3.63, 3.8) is 0 Å². The zero-order chi connectivity index (χ0) is 58.3. The molecule has 0 unspecified atom stereocenters. The molecule has 12 aromatic rings. The van der Waals surface area contributed by atoms with E-state index in [9.17, 15) is 0 Å². The van der Waals surface area contributed by atoms with Crippen LogP contribution in [0.3, 0.4) is 0 Å². The summed E-state index contributed by atoms with van der Waals surface area (Å²) < 4.78 is 9.54. The normalized spacial score (nSPS) is 14.0. The summed E-state index contributed by atoms with van der Waals surface area (Å²) in [5, 5.41) is 2.39. The lowest BCUT2D eigenvalue weighted by Crippen LogP contribution is -2.26. The fourth-order valence-electron chi connectivity index (χ4n) is 14.2. The molecule has 85 heavy (non-hydrogen) atoms. The van der Waals surface area contributed by atoms with Gasteiger partial charge in [0, 0.05) is 45.9 Å². The summed E-state index contributed by atoms with van der Waals surface area (Å²) in [7, 11) is 0. The molecule has 0 saturated carbocycles. The number of pyridine rings is 1. The van der Waals surface area contributed by atoms with E-state index in [1.807, 2.05) is 6.20 Å². The van der Waals surface area contributed by atoms with Crippen LogP contribution in [0.1, 0.15) is 107 Å². The van der Waals surface area contributed by atoms with E-state index in [1.54, 1.807) is 0 Å². The number of ether oxygens (including phenoxy) is 1. The molecule has 15 rings (SSSR count). The van der Waals surface area contributed by atoms with E-state index >= 15 is 0 Å². The molecule has 0 fully saturated rings. The average Bonchev–Trinajstić information content (AvgIpc) is 1.54. The van der Waals surface area contributed by atoms with E-state index in [1.165, 1.54) is 106 Å². The van der Waals surface area contributed by atoms with Crippen molar-refractivity contribution in [1.82, 2.24) is 9.55 Å². The van der Waals surface area contributed by atoms with Crippen LogP contribution in [0, 0.1) is 6.92 Å². The lowest BCUT2D eigenvalue weighted by atomic mass is 9.69. The minimum absolute atomic E-state index is 0.0410. The Kier molecular flexibility index (Phi) is 11.7. The molecular formula is C80H70N4O. The second-order valence-electron chi connectivity index (χ2n) is 26.9. The summed E-state index contributed by atoms with van der Waals surface area (Å²) in [4.78, 5) is 10.2. The summed E-state index contributed by atoms with van der Waals surface area (Å²) in [6, 6.07) is 83.6. The fourth-order valence-corrected chi connectivity index (χ4v) is 14.2. The molecule has 416 valence electrons. The van der Waals surface area contributed by atoms with E-state index < -0.39 is 5.41 Å².